The minimum Gasteiger partial charge on any atom is -0.366 e. The van der Waals surface area contributed by atoms with Gasteiger partial charge in [-0.15, -0.1) is 0 Å². The highest BCUT2D eigenvalue weighted by atomic mass is 16.5. The monoisotopic (exact) mass is 552 g/mol. The average Bonchev–Trinajstić information content (AvgIpc) is 3.41. The fourth-order valence-electron chi connectivity index (χ4n) is 5.23. The van der Waals surface area contributed by atoms with E-state index >= 15 is 0 Å². The number of fused-ring (bicyclic) bond motifs is 1. The van der Waals surface area contributed by atoms with E-state index in [1.807, 2.05) is 37.3 Å². The first-order valence-corrected chi connectivity index (χ1v) is 14.8. The van der Waals surface area contributed by atoms with Crippen LogP contribution in [0.4, 0.5) is 0 Å². The minimum atomic E-state index is -1.01. The third-order valence-corrected chi connectivity index (χ3v) is 7.36. The maximum absolute atomic E-state index is 13.5. The fraction of sp³-hybridized carbons (Fsp3) is 0.594. The number of carbonyl (C=O) groups is 3. The van der Waals surface area contributed by atoms with Gasteiger partial charge in [0.15, 0.2) is 0 Å². The van der Waals surface area contributed by atoms with Crippen molar-refractivity contribution in [3.8, 4) is 0 Å². The lowest BCUT2D eigenvalue weighted by molar-refractivity contribution is -0.157. The average molecular weight is 553 g/mol. The van der Waals surface area contributed by atoms with Gasteiger partial charge in [-0.25, -0.2) is 0 Å². The molecule has 2 atom stereocenters. The van der Waals surface area contributed by atoms with Crippen molar-refractivity contribution in [1.29, 1.82) is 0 Å². The van der Waals surface area contributed by atoms with Gasteiger partial charge >= 0.3 is 0 Å². The maximum atomic E-state index is 13.5. The third kappa shape index (κ3) is 9.03. The zero-order valence-corrected chi connectivity index (χ0v) is 24.9. The summed E-state index contributed by atoms with van der Waals surface area (Å²) in [5.41, 5.74) is -0.0439. The van der Waals surface area contributed by atoms with Gasteiger partial charge in [-0.1, -0.05) is 56.3 Å². The Morgan fingerprint density at radius 3 is 2.50 bits per heavy atom. The summed E-state index contributed by atoms with van der Waals surface area (Å²) in [6, 6.07) is 12.8. The lowest BCUT2D eigenvalue weighted by Crippen LogP contribution is -2.56. The Labute approximate surface area is 239 Å². The van der Waals surface area contributed by atoms with E-state index in [0.29, 0.717) is 38.5 Å². The van der Waals surface area contributed by atoms with Gasteiger partial charge < -0.3 is 25.6 Å². The topological polar surface area (TPSA) is 99.8 Å². The first kappa shape index (κ1) is 31.6. The molecule has 220 valence electrons. The molecule has 0 bridgehead atoms. The number of rotatable bonds is 15. The second-order valence-corrected chi connectivity index (χ2v) is 11.6. The second-order valence-electron chi connectivity index (χ2n) is 11.6. The van der Waals surface area contributed by atoms with Crippen LogP contribution in [0.5, 0.6) is 0 Å². The number of hydrogen-bond acceptors (Lipinski definition) is 5. The van der Waals surface area contributed by atoms with E-state index < -0.39 is 17.7 Å². The quantitative estimate of drug-likeness (QED) is 0.292. The number of carbonyl (C=O) groups excluding carboxylic acids is 3. The predicted octanol–water partition coefficient (Wildman–Crippen LogP) is 3.82. The zero-order valence-electron chi connectivity index (χ0n) is 24.9. The molecule has 1 aliphatic rings. The number of ether oxygens (including phenoxy) is 1. The van der Waals surface area contributed by atoms with Crippen molar-refractivity contribution in [1.82, 2.24) is 20.9 Å². The van der Waals surface area contributed by atoms with Crippen molar-refractivity contribution >= 4 is 28.5 Å². The summed E-state index contributed by atoms with van der Waals surface area (Å²) in [4.78, 5) is 41.7. The Balaban J connectivity index is 1.68. The Kier molecular flexibility index (Phi) is 11.9. The van der Waals surface area contributed by atoms with Crippen LogP contribution in [0.2, 0.25) is 0 Å². The van der Waals surface area contributed by atoms with Gasteiger partial charge in [0.2, 0.25) is 11.8 Å². The third-order valence-electron chi connectivity index (χ3n) is 7.36. The molecule has 3 rings (SSSR count). The van der Waals surface area contributed by atoms with Crippen molar-refractivity contribution in [2.45, 2.75) is 84.4 Å². The Hall–Kier alpha value is -2.97. The van der Waals surface area contributed by atoms with Gasteiger partial charge in [0.25, 0.3) is 5.91 Å². The van der Waals surface area contributed by atoms with Crippen LogP contribution in [-0.4, -0.2) is 73.1 Å². The largest absolute Gasteiger partial charge is 0.366 e. The molecule has 0 aliphatic carbocycles. The molecule has 0 spiro atoms. The normalized spacial score (nSPS) is 16.4. The van der Waals surface area contributed by atoms with Gasteiger partial charge in [-0.3, -0.25) is 14.4 Å². The minimum absolute atomic E-state index is 0.200. The molecule has 1 aliphatic heterocycles. The van der Waals surface area contributed by atoms with E-state index in [1.165, 1.54) is 0 Å². The Morgan fingerprint density at radius 1 is 1.05 bits per heavy atom. The molecule has 0 saturated carbocycles. The second kappa shape index (κ2) is 15.1. The van der Waals surface area contributed by atoms with Crippen LogP contribution in [0.15, 0.2) is 42.5 Å². The molecule has 8 heteroatoms. The van der Waals surface area contributed by atoms with Gasteiger partial charge in [0.1, 0.15) is 17.7 Å². The number of likely N-dealkylation sites (tertiary alicyclic amines) is 1. The first-order chi connectivity index (χ1) is 19.1. The standard InChI is InChI=1S/C32H48N4O4/c1-6-40-32(4,5)31(39)36-19-11-14-28(36)30(38)35-27(29(37)34-18-10-9-17-33-22-23(2)3)21-24-15-16-25-12-7-8-13-26(25)20-24/h7-8,12-13,15-16,20,23,27-28,33H,6,9-11,14,17-19,21-22H2,1-5H3,(H,34,37)(H,35,38). The molecule has 2 unspecified atom stereocenters. The van der Waals surface area contributed by atoms with Gasteiger partial charge in [0, 0.05) is 26.1 Å². The van der Waals surface area contributed by atoms with Crippen LogP contribution >= 0.6 is 0 Å². The summed E-state index contributed by atoms with van der Waals surface area (Å²) in [6.45, 7) is 13.0. The molecule has 40 heavy (non-hydrogen) atoms. The molecular formula is C32H48N4O4. The number of nitrogens with zero attached hydrogens (tertiary/aromatic N) is 1. The fourth-order valence-corrected chi connectivity index (χ4v) is 5.23. The molecule has 1 saturated heterocycles. The summed E-state index contributed by atoms with van der Waals surface area (Å²) in [6.07, 6.45) is 3.48. The Morgan fingerprint density at radius 2 is 1.77 bits per heavy atom. The number of amides is 3. The van der Waals surface area contributed by atoms with Gasteiger partial charge in [-0.05, 0) is 81.8 Å². The van der Waals surface area contributed by atoms with Crippen molar-refractivity contribution in [2.24, 2.45) is 5.92 Å². The molecule has 1 heterocycles. The molecule has 2 aromatic rings. The molecular weight excluding hydrogens is 504 g/mol. The summed E-state index contributed by atoms with van der Waals surface area (Å²) in [7, 11) is 0. The number of unbranched alkanes of at least 4 members (excludes halogenated alkanes) is 1. The molecule has 0 radical (unpaired) electrons. The SMILES string of the molecule is CCOC(C)(C)C(=O)N1CCCC1C(=O)NC(Cc1ccc2ccccc2c1)C(=O)NCCCCNCC(C)C. The number of nitrogens with one attached hydrogen (secondary N) is 3. The highest BCUT2D eigenvalue weighted by Gasteiger charge is 2.41. The Bertz CT molecular complexity index is 1130. The summed E-state index contributed by atoms with van der Waals surface area (Å²) in [5.74, 6) is -0.0942. The van der Waals surface area contributed by atoms with Crippen LogP contribution in [0.25, 0.3) is 10.8 Å². The van der Waals surface area contributed by atoms with Crippen LogP contribution in [0, 0.1) is 5.92 Å². The van der Waals surface area contributed by atoms with Gasteiger partial charge in [-0.2, -0.15) is 0 Å². The lowest BCUT2D eigenvalue weighted by Gasteiger charge is -2.33. The van der Waals surface area contributed by atoms with Gasteiger partial charge in [0.05, 0.1) is 0 Å². The molecule has 3 amide bonds. The lowest BCUT2D eigenvalue weighted by atomic mass is 10.0. The number of hydrogen-bond donors (Lipinski definition) is 3. The van der Waals surface area contributed by atoms with Crippen molar-refractivity contribution in [2.75, 3.05) is 32.8 Å². The van der Waals surface area contributed by atoms with Crippen LogP contribution in [-0.2, 0) is 25.5 Å². The summed E-state index contributed by atoms with van der Waals surface area (Å²) < 4.78 is 5.66. The maximum Gasteiger partial charge on any atom is 0.254 e. The molecule has 0 aromatic heterocycles. The van der Waals surface area contributed by atoms with E-state index in [0.717, 1.165) is 48.7 Å². The molecule has 2 aromatic carbocycles. The predicted molar refractivity (Wildman–Crippen MR) is 160 cm³/mol. The smallest absolute Gasteiger partial charge is 0.254 e. The molecule has 3 N–H and O–H groups in total. The van der Waals surface area contributed by atoms with Crippen LogP contribution in [0.3, 0.4) is 0 Å². The van der Waals surface area contributed by atoms with E-state index in [2.05, 4.69) is 41.9 Å². The van der Waals surface area contributed by atoms with E-state index in [4.69, 9.17) is 4.74 Å². The van der Waals surface area contributed by atoms with E-state index in [-0.39, 0.29) is 17.7 Å². The van der Waals surface area contributed by atoms with Crippen LogP contribution < -0.4 is 16.0 Å². The number of benzene rings is 2. The molecule has 1 fully saturated rings. The van der Waals surface area contributed by atoms with Crippen LogP contribution in [0.1, 0.15) is 65.9 Å². The summed E-state index contributed by atoms with van der Waals surface area (Å²) >= 11 is 0. The van der Waals surface area contributed by atoms with Crippen molar-refractivity contribution in [3.63, 3.8) is 0 Å². The summed E-state index contributed by atoms with van der Waals surface area (Å²) in [5, 5.41) is 11.7. The molecule has 8 nitrogen and oxygen atoms in total. The van der Waals surface area contributed by atoms with Crippen molar-refractivity contribution < 1.29 is 19.1 Å². The van der Waals surface area contributed by atoms with E-state index in [9.17, 15) is 14.4 Å². The highest BCUT2D eigenvalue weighted by molar-refractivity contribution is 5.94. The van der Waals surface area contributed by atoms with Crippen molar-refractivity contribution in [3.05, 3.63) is 48.0 Å². The first-order valence-electron chi connectivity index (χ1n) is 14.8. The highest BCUT2D eigenvalue weighted by Crippen LogP contribution is 2.24. The van der Waals surface area contributed by atoms with E-state index in [1.54, 1.807) is 18.7 Å². The zero-order chi connectivity index (χ0) is 29.1.